The Hall–Kier alpha value is -4.03. The summed E-state index contributed by atoms with van der Waals surface area (Å²) in [4.78, 5) is 39.5. The molecule has 2 saturated carbocycles. The van der Waals surface area contributed by atoms with Crippen molar-refractivity contribution < 1.29 is 43.5 Å². The maximum absolute atomic E-state index is 13.6. The van der Waals surface area contributed by atoms with Crippen molar-refractivity contribution in [2.75, 3.05) is 26.4 Å². The van der Waals surface area contributed by atoms with Gasteiger partial charge < -0.3 is 39.8 Å². The molecule has 4 aliphatic rings. The van der Waals surface area contributed by atoms with E-state index in [9.17, 15) is 14.4 Å². The molecule has 3 atom stereocenters. The lowest BCUT2D eigenvalue weighted by atomic mass is 9.91. The zero-order valence-corrected chi connectivity index (χ0v) is 25.6. The van der Waals surface area contributed by atoms with Gasteiger partial charge in [0.2, 0.25) is 5.91 Å². The number of aliphatic hydroxyl groups excluding tert-OH is 2. The number of esters is 1. The Morgan fingerprint density at radius 1 is 0.935 bits per heavy atom. The molecule has 2 amide bonds. The summed E-state index contributed by atoms with van der Waals surface area (Å²) in [5, 5.41) is 23.5. The number of carbonyl (C=O) groups is 3. The van der Waals surface area contributed by atoms with Crippen LogP contribution >= 0.6 is 0 Å². The Morgan fingerprint density at radius 2 is 1.72 bits per heavy atom. The highest BCUT2D eigenvalue weighted by atomic mass is 16.8. The van der Waals surface area contributed by atoms with Crippen LogP contribution in [-0.4, -0.2) is 78.5 Å². The first-order valence-electron chi connectivity index (χ1n) is 15.9. The van der Waals surface area contributed by atoms with Crippen molar-refractivity contribution in [1.29, 1.82) is 0 Å². The van der Waals surface area contributed by atoms with Gasteiger partial charge in [-0.15, -0.1) is 0 Å². The van der Waals surface area contributed by atoms with Gasteiger partial charge in [0.15, 0.2) is 5.79 Å². The number of ether oxygens (including phenoxy) is 4. The fraction of sp³-hybridized carbons (Fsp3) is 0.457. The minimum absolute atomic E-state index is 0.123. The zero-order valence-electron chi connectivity index (χ0n) is 25.6. The van der Waals surface area contributed by atoms with E-state index in [4.69, 9.17) is 29.2 Å². The average molecular weight is 633 g/mol. The molecule has 1 heterocycles. The Kier molecular flexibility index (Phi) is 9.83. The first-order chi connectivity index (χ1) is 22.4. The van der Waals surface area contributed by atoms with E-state index in [1.54, 1.807) is 48.5 Å². The summed E-state index contributed by atoms with van der Waals surface area (Å²) in [6.45, 7) is 0.187. The monoisotopic (exact) mass is 632 g/mol. The molecule has 1 saturated heterocycles. The lowest BCUT2D eigenvalue weighted by Crippen LogP contribution is -2.44. The van der Waals surface area contributed by atoms with Crippen molar-refractivity contribution in [3.8, 4) is 0 Å². The van der Waals surface area contributed by atoms with E-state index in [0.29, 0.717) is 34.1 Å². The maximum atomic E-state index is 13.6. The summed E-state index contributed by atoms with van der Waals surface area (Å²) in [5.74, 6) is -1.32. The fourth-order valence-electron chi connectivity index (χ4n) is 6.23. The number of carbonyl (C=O) groups excluding carboxylic acids is 3. The summed E-state index contributed by atoms with van der Waals surface area (Å²) in [7, 11) is 0. The van der Waals surface area contributed by atoms with Crippen LogP contribution in [0.2, 0.25) is 0 Å². The molecule has 3 aliphatic carbocycles. The third-order valence-electron chi connectivity index (χ3n) is 8.73. The second-order valence-electron chi connectivity index (χ2n) is 12.1. The number of hydrogen-bond acceptors (Lipinski definition) is 9. The predicted molar refractivity (Wildman–Crippen MR) is 166 cm³/mol. The SMILES string of the molecule is O=C(NCc1cccc(C(=O)NCCO)c1)C1=CC2OC(C3CC3)(C3CC3)OC2C(OC(=O)c2ccccc2C=COCCO)C1. The van der Waals surface area contributed by atoms with Gasteiger partial charge in [0.1, 0.15) is 24.9 Å². The molecule has 3 fully saturated rings. The van der Waals surface area contributed by atoms with Crippen molar-refractivity contribution in [3.63, 3.8) is 0 Å². The number of aliphatic hydroxyl groups is 2. The van der Waals surface area contributed by atoms with Crippen LogP contribution in [0, 0.1) is 11.8 Å². The van der Waals surface area contributed by atoms with Crippen LogP contribution in [0.15, 0.2) is 66.4 Å². The molecule has 3 unspecified atom stereocenters. The number of hydrogen-bond donors (Lipinski definition) is 4. The first-order valence-corrected chi connectivity index (χ1v) is 15.9. The lowest BCUT2D eigenvalue weighted by molar-refractivity contribution is -0.209. The molecule has 46 heavy (non-hydrogen) atoms. The minimum atomic E-state index is -0.760. The third-order valence-corrected chi connectivity index (χ3v) is 8.73. The summed E-state index contributed by atoms with van der Waals surface area (Å²) in [6.07, 6.45) is 7.25. The van der Waals surface area contributed by atoms with Crippen LogP contribution < -0.4 is 10.6 Å². The molecule has 6 rings (SSSR count). The fourth-order valence-corrected chi connectivity index (χ4v) is 6.23. The number of rotatable bonds is 14. The van der Waals surface area contributed by atoms with E-state index >= 15 is 0 Å². The molecule has 0 spiro atoms. The smallest absolute Gasteiger partial charge is 0.339 e. The Balaban J connectivity index is 1.19. The third kappa shape index (κ3) is 7.18. The van der Waals surface area contributed by atoms with E-state index in [1.165, 1.54) is 6.26 Å². The lowest BCUT2D eigenvalue weighted by Gasteiger charge is -2.31. The first kappa shape index (κ1) is 31.9. The van der Waals surface area contributed by atoms with Gasteiger partial charge in [-0.25, -0.2) is 4.79 Å². The van der Waals surface area contributed by atoms with Crippen LogP contribution in [-0.2, 0) is 30.3 Å². The normalized spacial score (nSPS) is 23.3. The Bertz CT molecular complexity index is 1480. The van der Waals surface area contributed by atoms with Crippen molar-refractivity contribution >= 4 is 23.9 Å². The molecule has 1 aliphatic heterocycles. The van der Waals surface area contributed by atoms with Crippen LogP contribution in [0.5, 0.6) is 0 Å². The maximum Gasteiger partial charge on any atom is 0.339 e. The standard InChI is InChI=1S/C35H40N2O9/c38-14-13-36-32(40)24-6-3-4-22(18-24)21-37-33(41)25-19-29(31-30(20-25)45-35(46-31,26-8-9-26)27-10-11-27)44-34(42)28-7-2-1-5-23(28)12-16-43-17-15-39/h1-7,12,16,18,20,26-27,29-31,38-39H,8-11,13-15,17,19,21H2,(H,36,40)(H,37,41). The summed E-state index contributed by atoms with van der Waals surface area (Å²) >= 11 is 0. The highest BCUT2D eigenvalue weighted by Crippen LogP contribution is 2.59. The van der Waals surface area contributed by atoms with Gasteiger partial charge >= 0.3 is 5.97 Å². The van der Waals surface area contributed by atoms with Crippen molar-refractivity contribution in [2.45, 2.75) is 62.7 Å². The van der Waals surface area contributed by atoms with Gasteiger partial charge in [-0.3, -0.25) is 9.59 Å². The van der Waals surface area contributed by atoms with Crippen molar-refractivity contribution in [1.82, 2.24) is 10.6 Å². The van der Waals surface area contributed by atoms with Gasteiger partial charge in [-0.2, -0.15) is 0 Å². The summed E-state index contributed by atoms with van der Waals surface area (Å²) < 4.78 is 24.7. The topological polar surface area (TPSA) is 153 Å². The summed E-state index contributed by atoms with van der Waals surface area (Å²) in [6, 6.07) is 13.9. The summed E-state index contributed by atoms with van der Waals surface area (Å²) in [5.41, 5.74) is 2.52. The van der Waals surface area contributed by atoms with E-state index < -0.39 is 30.1 Å². The number of nitrogens with one attached hydrogen (secondary N) is 2. The number of fused-ring (bicyclic) bond motifs is 1. The number of amides is 2. The van der Waals surface area contributed by atoms with Crippen LogP contribution in [0.4, 0.5) is 0 Å². The molecule has 11 nitrogen and oxygen atoms in total. The molecule has 2 aromatic carbocycles. The van der Waals surface area contributed by atoms with Gasteiger partial charge in [0.25, 0.3) is 5.91 Å². The van der Waals surface area contributed by atoms with E-state index in [-0.39, 0.29) is 51.1 Å². The second kappa shape index (κ2) is 14.2. The van der Waals surface area contributed by atoms with Gasteiger partial charge in [0.05, 0.1) is 25.0 Å². The van der Waals surface area contributed by atoms with Crippen LogP contribution in [0.1, 0.15) is 63.9 Å². The van der Waals surface area contributed by atoms with Gasteiger partial charge in [-0.05, 0) is 67.2 Å². The molecule has 2 aromatic rings. The zero-order chi connectivity index (χ0) is 32.1. The van der Waals surface area contributed by atoms with Gasteiger partial charge in [0, 0.05) is 42.5 Å². The van der Waals surface area contributed by atoms with E-state index in [1.807, 2.05) is 12.1 Å². The highest BCUT2D eigenvalue weighted by molar-refractivity contribution is 5.96. The molecular formula is C35H40N2O9. The molecule has 11 heteroatoms. The molecule has 0 aromatic heterocycles. The number of benzene rings is 2. The minimum Gasteiger partial charge on any atom is -0.499 e. The highest BCUT2D eigenvalue weighted by Gasteiger charge is 2.64. The molecular weight excluding hydrogens is 592 g/mol. The Morgan fingerprint density at radius 3 is 2.46 bits per heavy atom. The van der Waals surface area contributed by atoms with Crippen molar-refractivity contribution in [3.05, 3.63) is 88.7 Å². The van der Waals surface area contributed by atoms with Crippen molar-refractivity contribution in [2.24, 2.45) is 11.8 Å². The predicted octanol–water partition coefficient (Wildman–Crippen LogP) is 2.86. The average Bonchev–Trinajstić information content (AvgIpc) is 4.02. The Labute approximate surface area is 267 Å². The second-order valence-corrected chi connectivity index (χ2v) is 12.1. The molecule has 244 valence electrons. The molecule has 0 radical (unpaired) electrons. The molecule has 4 N–H and O–H groups in total. The largest absolute Gasteiger partial charge is 0.499 e. The van der Waals surface area contributed by atoms with Crippen LogP contribution in [0.3, 0.4) is 0 Å². The van der Waals surface area contributed by atoms with Gasteiger partial charge in [-0.1, -0.05) is 30.3 Å². The molecule has 0 bridgehead atoms. The quantitative estimate of drug-likeness (QED) is 0.140. The van der Waals surface area contributed by atoms with E-state index in [2.05, 4.69) is 10.6 Å². The van der Waals surface area contributed by atoms with E-state index in [0.717, 1.165) is 31.2 Å². The van der Waals surface area contributed by atoms with Crippen LogP contribution in [0.25, 0.3) is 6.08 Å².